The van der Waals surface area contributed by atoms with Crippen LogP contribution >= 0.6 is 22.6 Å². The minimum atomic E-state index is 0.869. The van der Waals surface area contributed by atoms with E-state index in [0.29, 0.717) is 0 Å². The summed E-state index contributed by atoms with van der Waals surface area (Å²) in [6.07, 6.45) is 2.19. The maximum absolute atomic E-state index is 5.41. The Bertz CT molecular complexity index is 274. The summed E-state index contributed by atoms with van der Waals surface area (Å²) in [6.45, 7) is 5.86. The van der Waals surface area contributed by atoms with Crippen LogP contribution in [-0.2, 0) is 11.3 Å². The molecular weight excluding hydrogens is 313 g/mol. The highest BCUT2D eigenvalue weighted by Crippen LogP contribution is 2.06. The summed E-state index contributed by atoms with van der Waals surface area (Å²) in [5.41, 5.74) is 1.34. The van der Waals surface area contributed by atoms with Gasteiger partial charge in [-0.25, -0.2) is 0 Å². The molecular formula is C13H20INO. The van der Waals surface area contributed by atoms with Crippen molar-refractivity contribution < 1.29 is 4.74 Å². The second-order valence-electron chi connectivity index (χ2n) is 3.77. The summed E-state index contributed by atoms with van der Waals surface area (Å²) in [5, 5.41) is 3.42. The molecule has 0 aliphatic carbocycles. The number of benzene rings is 1. The SMILES string of the molecule is CCCOCCCNCc1ccc(I)cc1. The molecule has 0 saturated carbocycles. The molecule has 0 amide bonds. The Labute approximate surface area is 112 Å². The van der Waals surface area contributed by atoms with Crippen molar-refractivity contribution in [1.82, 2.24) is 5.32 Å². The topological polar surface area (TPSA) is 21.3 Å². The molecule has 0 spiro atoms. The largest absolute Gasteiger partial charge is 0.381 e. The molecule has 0 bridgehead atoms. The molecule has 0 unspecified atom stereocenters. The fourth-order valence-corrected chi connectivity index (χ4v) is 1.74. The summed E-state index contributed by atoms with van der Waals surface area (Å²) >= 11 is 2.32. The van der Waals surface area contributed by atoms with E-state index in [2.05, 4.69) is 59.1 Å². The number of ether oxygens (including phenoxy) is 1. The van der Waals surface area contributed by atoms with Crippen molar-refractivity contribution in [3.8, 4) is 0 Å². The first-order valence-electron chi connectivity index (χ1n) is 5.86. The summed E-state index contributed by atoms with van der Waals surface area (Å²) in [7, 11) is 0. The van der Waals surface area contributed by atoms with Crippen LogP contribution in [-0.4, -0.2) is 19.8 Å². The number of rotatable bonds is 8. The quantitative estimate of drug-likeness (QED) is 0.583. The van der Waals surface area contributed by atoms with Crippen LogP contribution in [0, 0.1) is 3.57 Å². The van der Waals surface area contributed by atoms with Gasteiger partial charge in [-0.1, -0.05) is 19.1 Å². The van der Waals surface area contributed by atoms with Crippen LogP contribution in [0.15, 0.2) is 24.3 Å². The van der Waals surface area contributed by atoms with Gasteiger partial charge in [-0.05, 0) is 59.7 Å². The highest BCUT2D eigenvalue weighted by molar-refractivity contribution is 14.1. The molecule has 3 heteroatoms. The van der Waals surface area contributed by atoms with Crippen LogP contribution in [0.5, 0.6) is 0 Å². The maximum Gasteiger partial charge on any atom is 0.0478 e. The number of nitrogens with one attached hydrogen (secondary N) is 1. The van der Waals surface area contributed by atoms with Crippen molar-refractivity contribution >= 4 is 22.6 Å². The standard InChI is InChI=1S/C13H20INO/c1-2-9-16-10-3-8-15-11-12-4-6-13(14)7-5-12/h4-7,15H,2-3,8-11H2,1H3. The van der Waals surface area contributed by atoms with Crippen LogP contribution in [0.25, 0.3) is 0 Å². The van der Waals surface area contributed by atoms with Gasteiger partial charge in [0.05, 0.1) is 0 Å². The molecule has 0 atom stereocenters. The molecule has 0 aliphatic heterocycles. The normalized spacial score (nSPS) is 10.6. The molecule has 1 rings (SSSR count). The van der Waals surface area contributed by atoms with E-state index in [1.165, 1.54) is 9.13 Å². The Morgan fingerprint density at radius 3 is 2.62 bits per heavy atom. The maximum atomic E-state index is 5.41. The van der Waals surface area contributed by atoms with E-state index in [1.54, 1.807) is 0 Å². The Morgan fingerprint density at radius 2 is 1.94 bits per heavy atom. The molecule has 0 fully saturated rings. The lowest BCUT2D eigenvalue weighted by Gasteiger charge is -2.05. The molecule has 0 heterocycles. The first kappa shape index (κ1) is 13.9. The van der Waals surface area contributed by atoms with Crippen LogP contribution in [0.2, 0.25) is 0 Å². The lowest BCUT2D eigenvalue weighted by atomic mass is 10.2. The number of hydrogen-bond donors (Lipinski definition) is 1. The zero-order valence-electron chi connectivity index (χ0n) is 9.84. The van der Waals surface area contributed by atoms with Gasteiger partial charge in [0.2, 0.25) is 0 Å². The molecule has 1 aromatic carbocycles. The summed E-state index contributed by atoms with van der Waals surface area (Å²) < 4.78 is 6.70. The molecule has 0 aromatic heterocycles. The number of halogens is 1. The van der Waals surface area contributed by atoms with Crippen LogP contribution in [0.3, 0.4) is 0 Å². The van der Waals surface area contributed by atoms with Crippen molar-refractivity contribution in [3.05, 3.63) is 33.4 Å². The number of hydrogen-bond acceptors (Lipinski definition) is 2. The van der Waals surface area contributed by atoms with E-state index in [1.807, 2.05) is 0 Å². The lowest BCUT2D eigenvalue weighted by molar-refractivity contribution is 0.132. The average Bonchev–Trinajstić information content (AvgIpc) is 2.30. The van der Waals surface area contributed by atoms with Gasteiger partial charge < -0.3 is 10.1 Å². The van der Waals surface area contributed by atoms with Crippen LogP contribution < -0.4 is 5.32 Å². The Balaban J connectivity index is 2.01. The highest BCUT2D eigenvalue weighted by Gasteiger charge is 1.93. The van der Waals surface area contributed by atoms with Crippen molar-refractivity contribution in [1.29, 1.82) is 0 Å². The predicted octanol–water partition coefficient (Wildman–Crippen LogP) is 3.20. The van der Waals surface area contributed by atoms with Crippen molar-refractivity contribution in [2.75, 3.05) is 19.8 Å². The van der Waals surface area contributed by atoms with E-state index in [0.717, 1.165) is 39.1 Å². The van der Waals surface area contributed by atoms with Crippen LogP contribution in [0.4, 0.5) is 0 Å². The second kappa shape index (κ2) is 8.96. The lowest BCUT2D eigenvalue weighted by Crippen LogP contribution is -2.16. The first-order valence-corrected chi connectivity index (χ1v) is 6.93. The second-order valence-corrected chi connectivity index (χ2v) is 5.01. The van der Waals surface area contributed by atoms with E-state index in [9.17, 15) is 0 Å². The molecule has 0 saturated heterocycles. The minimum absolute atomic E-state index is 0.869. The van der Waals surface area contributed by atoms with Gasteiger partial charge in [0.15, 0.2) is 0 Å². The van der Waals surface area contributed by atoms with E-state index in [4.69, 9.17) is 4.74 Å². The summed E-state index contributed by atoms with van der Waals surface area (Å²) in [5.74, 6) is 0. The Hall–Kier alpha value is -0.130. The third-order valence-corrected chi connectivity index (χ3v) is 2.95. The molecule has 90 valence electrons. The van der Waals surface area contributed by atoms with E-state index < -0.39 is 0 Å². The first-order chi connectivity index (χ1) is 7.83. The Kier molecular flexibility index (Phi) is 7.80. The molecule has 0 aliphatic rings. The molecule has 0 radical (unpaired) electrons. The summed E-state index contributed by atoms with van der Waals surface area (Å²) in [4.78, 5) is 0. The average molecular weight is 333 g/mol. The predicted molar refractivity (Wildman–Crippen MR) is 76.6 cm³/mol. The smallest absolute Gasteiger partial charge is 0.0478 e. The molecule has 1 N–H and O–H groups in total. The van der Waals surface area contributed by atoms with Gasteiger partial charge in [-0.3, -0.25) is 0 Å². The molecule has 1 aromatic rings. The monoisotopic (exact) mass is 333 g/mol. The third-order valence-electron chi connectivity index (χ3n) is 2.23. The summed E-state index contributed by atoms with van der Waals surface area (Å²) in [6, 6.07) is 8.62. The van der Waals surface area contributed by atoms with Gasteiger partial charge in [0.25, 0.3) is 0 Å². The van der Waals surface area contributed by atoms with Gasteiger partial charge in [-0.2, -0.15) is 0 Å². The van der Waals surface area contributed by atoms with E-state index in [-0.39, 0.29) is 0 Å². The third kappa shape index (κ3) is 6.45. The van der Waals surface area contributed by atoms with E-state index >= 15 is 0 Å². The fourth-order valence-electron chi connectivity index (χ4n) is 1.38. The fraction of sp³-hybridized carbons (Fsp3) is 0.538. The van der Waals surface area contributed by atoms with Gasteiger partial charge in [0, 0.05) is 23.3 Å². The highest BCUT2D eigenvalue weighted by atomic mass is 127. The van der Waals surface area contributed by atoms with Gasteiger partial charge >= 0.3 is 0 Å². The van der Waals surface area contributed by atoms with Crippen molar-refractivity contribution in [2.45, 2.75) is 26.3 Å². The van der Waals surface area contributed by atoms with Crippen molar-refractivity contribution in [3.63, 3.8) is 0 Å². The minimum Gasteiger partial charge on any atom is -0.381 e. The zero-order chi connectivity index (χ0) is 11.6. The molecule has 16 heavy (non-hydrogen) atoms. The van der Waals surface area contributed by atoms with Gasteiger partial charge in [-0.15, -0.1) is 0 Å². The Morgan fingerprint density at radius 1 is 1.19 bits per heavy atom. The van der Waals surface area contributed by atoms with Crippen molar-refractivity contribution in [2.24, 2.45) is 0 Å². The molecule has 2 nitrogen and oxygen atoms in total. The van der Waals surface area contributed by atoms with Gasteiger partial charge in [0.1, 0.15) is 0 Å². The zero-order valence-corrected chi connectivity index (χ0v) is 12.0. The van der Waals surface area contributed by atoms with Crippen LogP contribution in [0.1, 0.15) is 25.3 Å².